The van der Waals surface area contributed by atoms with Gasteiger partial charge in [-0.2, -0.15) is 13.9 Å². The van der Waals surface area contributed by atoms with Gasteiger partial charge in [0.05, 0.1) is 11.0 Å². The maximum Gasteiger partial charge on any atom is 0.333 e. The molecule has 3 heterocycles. The molecule has 1 unspecified atom stereocenters. The molecule has 27 heavy (non-hydrogen) atoms. The summed E-state index contributed by atoms with van der Waals surface area (Å²) in [5.41, 5.74) is 2.34. The van der Waals surface area contributed by atoms with Crippen LogP contribution in [0, 0.1) is 6.92 Å². The van der Waals surface area contributed by atoms with E-state index in [4.69, 9.17) is 4.98 Å². The van der Waals surface area contributed by atoms with Crippen molar-refractivity contribution in [2.75, 3.05) is 13.1 Å². The van der Waals surface area contributed by atoms with Crippen LogP contribution in [0.4, 0.5) is 8.78 Å². The van der Waals surface area contributed by atoms with Crippen LogP contribution in [0.15, 0.2) is 30.3 Å². The van der Waals surface area contributed by atoms with Crippen LogP contribution in [-0.2, 0) is 7.05 Å². The molecule has 1 aliphatic rings. The van der Waals surface area contributed by atoms with Gasteiger partial charge >= 0.3 is 6.55 Å². The standard InChI is InChI=1S/C19H21F2N5O/c1-12-10-15(23-26(12)19(20)21)18(27)25-9-5-6-13(11-25)17-22-14-7-3-4-8-16(14)24(17)2/h3-4,7-8,10,13,19H,5-6,9,11H2,1-2H3. The summed E-state index contributed by atoms with van der Waals surface area (Å²) in [4.78, 5) is 19.2. The number of hydrogen-bond acceptors (Lipinski definition) is 3. The van der Waals surface area contributed by atoms with E-state index >= 15 is 0 Å². The van der Waals surface area contributed by atoms with Gasteiger partial charge in [0.15, 0.2) is 5.69 Å². The van der Waals surface area contributed by atoms with Crippen LogP contribution in [0.3, 0.4) is 0 Å². The van der Waals surface area contributed by atoms with Gasteiger partial charge in [-0.15, -0.1) is 0 Å². The van der Waals surface area contributed by atoms with Gasteiger partial charge in [0.2, 0.25) is 0 Å². The topological polar surface area (TPSA) is 56.0 Å². The third-order valence-corrected chi connectivity index (χ3v) is 5.22. The summed E-state index contributed by atoms with van der Waals surface area (Å²) in [6.45, 7) is -0.120. The van der Waals surface area contributed by atoms with E-state index in [2.05, 4.69) is 9.67 Å². The molecule has 1 fully saturated rings. The van der Waals surface area contributed by atoms with Gasteiger partial charge < -0.3 is 9.47 Å². The van der Waals surface area contributed by atoms with Crippen molar-refractivity contribution >= 4 is 16.9 Å². The van der Waals surface area contributed by atoms with Crippen molar-refractivity contribution in [3.8, 4) is 0 Å². The maximum absolute atomic E-state index is 12.9. The lowest BCUT2D eigenvalue weighted by Gasteiger charge is -2.32. The summed E-state index contributed by atoms with van der Waals surface area (Å²) in [5, 5.41) is 3.79. The molecule has 8 heteroatoms. The molecule has 0 radical (unpaired) electrons. The van der Waals surface area contributed by atoms with Crippen molar-refractivity contribution < 1.29 is 13.6 Å². The molecule has 0 saturated carbocycles. The van der Waals surface area contributed by atoms with Crippen molar-refractivity contribution in [3.05, 3.63) is 47.5 Å². The summed E-state index contributed by atoms with van der Waals surface area (Å²) in [7, 11) is 1.99. The minimum absolute atomic E-state index is 0.0680. The molecule has 4 rings (SSSR count). The van der Waals surface area contributed by atoms with Gasteiger partial charge in [0.1, 0.15) is 5.82 Å². The Morgan fingerprint density at radius 1 is 1.30 bits per heavy atom. The number of alkyl halides is 2. The Labute approximate surface area is 155 Å². The quantitative estimate of drug-likeness (QED) is 0.706. The maximum atomic E-state index is 12.9. The Bertz CT molecular complexity index is 993. The number of aromatic nitrogens is 4. The molecule has 1 atom stereocenters. The van der Waals surface area contributed by atoms with Crippen molar-refractivity contribution in [1.29, 1.82) is 0 Å². The molecule has 2 aromatic heterocycles. The smallest absolute Gasteiger partial charge is 0.333 e. The third-order valence-electron chi connectivity index (χ3n) is 5.22. The van der Waals surface area contributed by atoms with Gasteiger partial charge in [-0.1, -0.05) is 12.1 Å². The molecule has 6 nitrogen and oxygen atoms in total. The van der Waals surface area contributed by atoms with Gasteiger partial charge in [0, 0.05) is 31.7 Å². The summed E-state index contributed by atoms with van der Waals surface area (Å²) >= 11 is 0. The molecular weight excluding hydrogens is 352 g/mol. The van der Waals surface area contributed by atoms with E-state index in [0.29, 0.717) is 17.8 Å². The first-order valence-corrected chi connectivity index (χ1v) is 9.00. The molecule has 3 aromatic rings. The molecule has 1 amide bonds. The number of imidazole rings is 1. The third kappa shape index (κ3) is 3.09. The first-order chi connectivity index (χ1) is 13.0. The first kappa shape index (κ1) is 17.6. The summed E-state index contributed by atoms with van der Waals surface area (Å²) < 4.78 is 28.5. The highest BCUT2D eigenvalue weighted by Gasteiger charge is 2.30. The first-order valence-electron chi connectivity index (χ1n) is 9.00. The van der Waals surface area contributed by atoms with Crippen LogP contribution in [0.1, 0.15) is 47.3 Å². The van der Waals surface area contributed by atoms with Gasteiger partial charge in [-0.25, -0.2) is 9.67 Å². The van der Waals surface area contributed by atoms with Gasteiger partial charge in [-0.3, -0.25) is 4.79 Å². The minimum Gasteiger partial charge on any atom is -0.337 e. The highest BCUT2D eigenvalue weighted by atomic mass is 19.3. The van der Waals surface area contributed by atoms with Gasteiger partial charge in [0.25, 0.3) is 5.91 Å². The van der Waals surface area contributed by atoms with Crippen molar-refractivity contribution in [1.82, 2.24) is 24.2 Å². The van der Waals surface area contributed by atoms with Crippen LogP contribution < -0.4 is 0 Å². The highest BCUT2D eigenvalue weighted by molar-refractivity contribution is 5.92. The Hall–Kier alpha value is -2.77. The fourth-order valence-corrected chi connectivity index (χ4v) is 3.85. The number of benzene rings is 1. The number of halogens is 2. The normalized spacial score (nSPS) is 17.8. The molecule has 0 N–H and O–H groups in total. The number of carbonyl (C=O) groups excluding carboxylic acids is 1. The van der Waals surface area contributed by atoms with Crippen LogP contribution in [-0.4, -0.2) is 43.2 Å². The average Bonchev–Trinajstić information content (AvgIpc) is 3.22. The number of likely N-dealkylation sites (tertiary alicyclic amines) is 1. The SMILES string of the molecule is Cc1cc(C(=O)N2CCCC(c3nc4ccccc4n3C)C2)nn1C(F)F. The van der Waals surface area contributed by atoms with Crippen LogP contribution in [0.25, 0.3) is 11.0 Å². The molecule has 0 aliphatic carbocycles. The van der Waals surface area contributed by atoms with E-state index in [1.165, 1.54) is 13.0 Å². The molecule has 0 spiro atoms. The number of fused-ring (bicyclic) bond motifs is 1. The lowest BCUT2D eigenvalue weighted by Crippen LogP contribution is -2.40. The molecule has 142 valence electrons. The zero-order chi connectivity index (χ0) is 19.1. The second-order valence-electron chi connectivity index (χ2n) is 7.00. The molecular formula is C19H21F2N5O. The number of para-hydroxylation sites is 2. The fraction of sp³-hybridized carbons (Fsp3) is 0.421. The van der Waals surface area contributed by atoms with E-state index in [0.717, 1.165) is 29.7 Å². The zero-order valence-corrected chi connectivity index (χ0v) is 15.3. The van der Waals surface area contributed by atoms with E-state index in [-0.39, 0.29) is 23.2 Å². The van der Waals surface area contributed by atoms with E-state index in [1.807, 2.05) is 31.3 Å². The Morgan fingerprint density at radius 3 is 2.78 bits per heavy atom. The number of hydrogen-bond donors (Lipinski definition) is 0. The lowest BCUT2D eigenvalue weighted by molar-refractivity contribution is 0.0527. The number of piperidine rings is 1. The van der Waals surface area contributed by atoms with Crippen LogP contribution >= 0.6 is 0 Å². The van der Waals surface area contributed by atoms with E-state index in [9.17, 15) is 13.6 Å². The molecule has 0 bridgehead atoms. The van der Waals surface area contributed by atoms with Crippen molar-refractivity contribution in [3.63, 3.8) is 0 Å². The second kappa shape index (κ2) is 6.75. The minimum atomic E-state index is -2.75. The average molecular weight is 373 g/mol. The number of carbonyl (C=O) groups is 1. The monoisotopic (exact) mass is 373 g/mol. The fourth-order valence-electron chi connectivity index (χ4n) is 3.85. The predicted molar refractivity (Wildman–Crippen MR) is 96.8 cm³/mol. The summed E-state index contributed by atoms with van der Waals surface area (Å²) in [6.07, 6.45) is 1.78. The molecule has 1 aliphatic heterocycles. The number of amides is 1. The van der Waals surface area contributed by atoms with Crippen molar-refractivity contribution in [2.45, 2.75) is 32.2 Å². The highest BCUT2D eigenvalue weighted by Crippen LogP contribution is 2.29. The number of rotatable bonds is 3. The Kier molecular flexibility index (Phi) is 4.41. The van der Waals surface area contributed by atoms with Crippen LogP contribution in [0.2, 0.25) is 0 Å². The number of nitrogens with zero attached hydrogens (tertiary/aromatic N) is 5. The van der Waals surface area contributed by atoms with Crippen LogP contribution in [0.5, 0.6) is 0 Å². The predicted octanol–water partition coefficient (Wildman–Crippen LogP) is 3.49. The summed E-state index contributed by atoms with van der Waals surface area (Å²) in [5.74, 6) is 0.752. The van der Waals surface area contributed by atoms with E-state index < -0.39 is 6.55 Å². The van der Waals surface area contributed by atoms with Gasteiger partial charge in [-0.05, 0) is 38.0 Å². The van der Waals surface area contributed by atoms with Crippen molar-refractivity contribution in [2.24, 2.45) is 7.05 Å². The molecule has 1 aromatic carbocycles. The Balaban J connectivity index is 1.58. The van der Waals surface area contributed by atoms with E-state index in [1.54, 1.807) is 4.90 Å². The Morgan fingerprint density at radius 2 is 2.07 bits per heavy atom. The zero-order valence-electron chi connectivity index (χ0n) is 15.3. The number of aryl methyl sites for hydroxylation is 2. The largest absolute Gasteiger partial charge is 0.337 e. The molecule has 1 saturated heterocycles. The second-order valence-corrected chi connectivity index (χ2v) is 7.00. The summed E-state index contributed by atoms with van der Waals surface area (Å²) in [6, 6.07) is 9.36. The lowest BCUT2D eigenvalue weighted by atomic mass is 9.97.